The Hall–Kier alpha value is 4.72. The number of thiol groups is 16. The van der Waals surface area contributed by atoms with Crippen LogP contribution in [0.5, 0.6) is 0 Å². The summed E-state index contributed by atoms with van der Waals surface area (Å²) in [5.74, 6) is -3.81. The van der Waals surface area contributed by atoms with Gasteiger partial charge in [-0.2, -0.15) is 108 Å². The molecule has 0 aliphatic carbocycles. The lowest BCUT2D eigenvalue weighted by molar-refractivity contribution is -0.196. The van der Waals surface area contributed by atoms with Crippen LogP contribution < -0.4 is 97.1 Å². The van der Waals surface area contributed by atoms with Gasteiger partial charge in [0, 0.05) is 38.0 Å². The third-order valence-corrected chi connectivity index (χ3v) is 3.09. The summed E-state index contributed by atoms with van der Waals surface area (Å²) in [5.41, 5.74) is 72.0. The van der Waals surface area contributed by atoms with Crippen molar-refractivity contribution in [3.8, 4) is 0 Å². The van der Waals surface area contributed by atoms with Gasteiger partial charge in [0.1, 0.15) is 6.54 Å². The molecular formula is C94H321N19O7S24. The van der Waals surface area contributed by atoms with E-state index in [1.165, 1.54) is 113 Å². The van der Waals surface area contributed by atoms with E-state index in [1.54, 1.807) is 0 Å². The Bertz CT molecular complexity index is 765. The highest BCUT2D eigenvalue weighted by Crippen LogP contribution is 2.12. The minimum Gasteiger partial charge on any atom is -0.345 e. The summed E-state index contributed by atoms with van der Waals surface area (Å²) in [6.45, 7) is 127. The average molecular weight is 2600 g/mol. The molecule has 978 valence electrons. The van der Waals surface area contributed by atoms with E-state index in [-0.39, 0.29) is 141 Å². The van der Waals surface area contributed by atoms with Crippen LogP contribution in [0.4, 0.5) is 0 Å². The normalized spacial score (nSPS) is 5.08. The van der Waals surface area contributed by atoms with Crippen LogP contribution in [0.25, 0.3) is 0 Å². The molecule has 0 aromatic rings. The molecule has 144 heavy (non-hydrogen) atoms. The summed E-state index contributed by atoms with van der Waals surface area (Å²) in [6.07, 6.45) is 1.96. The second-order valence-corrected chi connectivity index (χ2v) is 4.73. The zero-order valence-corrected chi connectivity index (χ0v) is 135. The van der Waals surface area contributed by atoms with E-state index in [2.05, 4.69) is 288 Å². The van der Waals surface area contributed by atoms with Crippen molar-refractivity contribution in [3.05, 3.63) is 12.2 Å². The van der Waals surface area contributed by atoms with Gasteiger partial charge in [-0.15, -0.1) is 192 Å². The minimum absolute atomic E-state index is 0. The maximum Gasteiger partial charge on any atom is 0.352 e. The maximum absolute atomic E-state index is 11.5. The van der Waals surface area contributed by atoms with Crippen LogP contribution in [-0.2, 0) is 33.6 Å². The number of hydrogen-bond acceptors (Lipinski definition) is 39. The quantitative estimate of drug-likeness (QED) is 0.0667. The van der Waals surface area contributed by atoms with Crippen molar-refractivity contribution in [2.75, 3.05) is 126 Å². The zero-order valence-electron chi connectivity index (χ0n) is 112. The number of nitrogens with zero attached hydrogens (tertiary/aromatic N) is 2. The second-order valence-electron chi connectivity index (χ2n) is 4.73. The molecule has 0 atom stereocenters. The van der Waals surface area contributed by atoms with E-state index >= 15 is 0 Å². The molecule has 0 bridgehead atoms. The molecule has 1 fully saturated rings. The van der Waals surface area contributed by atoms with Crippen LogP contribution in [0.15, 0.2) is 12.2 Å². The molecule has 1 saturated heterocycles. The van der Waals surface area contributed by atoms with Gasteiger partial charge < -0.3 is 102 Å². The first-order valence-electron chi connectivity index (χ1n) is 49.6. The van der Waals surface area contributed by atoms with Crippen LogP contribution in [0.2, 0.25) is 0 Å². The lowest BCUT2D eigenvalue weighted by Crippen LogP contribution is -2.39. The highest BCUT2D eigenvalue weighted by atomic mass is 33.1. The number of amides is 5. The van der Waals surface area contributed by atoms with Crippen LogP contribution in [-0.4, -0.2) is 171 Å². The van der Waals surface area contributed by atoms with Gasteiger partial charge in [-0.05, 0) is 113 Å². The average Bonchev–Trinajstić information content (AvgIpc) is 1.74. The summed E-state index contributed by atoms with van der Waals surface area (Å²) in [5, 5.41) is 2.58. The fraction of sp³-hybridized carbons (Fsp3) is 0.915. The molecule has 2 rings (SSSR count). The van der Waals surface area contributed by atoms with Crippen molar-refractivity contribution >= 4 is 330 Å². The smallest absolute Gasteiger partial charge is 0.345 e. The third-order valence-electron chi connectivity index (χ3n) is 3.09. The summed E-state index contributed by atoms with van der Waals surface area (Å²) in [6, 6.07) is 0. The van der Waals surface area contributed by atoms with Crippen LogP contribution in [0, 0.1) is 0 Å². The Morgan fingerprint density at radius 2 is 0.312 bits per heavy atom. The van der Waals surface area contributed by atoms with Gasteiger partial charge >= 0.3 is 5.97 Å². The summed E-state index contributed by atoms with van der Waals surface area (Å²) in [4.78, 5) is 73.4. The SMILES string of the molecule is C.CC.CC.CC.CC.CC.CC.CC.CC.CC.CC.CC.CC.CC.CC.CC.CC.CC.CC.CC.CC.CC.CC.CC.CC.CC.CC.CC.CC.CC.CC.CC.CC.CN.CN.CN.CN.CN.CN.CN.CN.CN.CN.CN.CN.CN.CN.CN.CN.O=C(CCN1C(=O)C=CC1=O)NCC(=O)ON1C(=O)CCC1=O.S.S.S.S.S.S.S.S.SS.SS.SS.SS.SS.SS.SS.SS. The number of imide groups is 2. The number of carbonyl (C=O) groups is 6. The second kappa shape index (κ2) is 2230. The van der Waals surface area contributed by atoms with E-state index in [1.807, 2.05) is 443 Å². The topological polar surface area (TPSA) is 546 Å². The molecular weight excluding hydrogens is 2280 g/mol. The van der Waals surface area contributed by atoms with E-state index < -0.39 is 42.0 Å². The molecule has 2 heterocycles. The Morgan fingerprint density at radius 1 is 0.222 bits per heavy atom. The molecule has 0 spiro atoms. The first kappa shape index (κ1) is 452. The van der Waals surface area contributed by atoms with Gasteiger partial charge in [0.05, 0.1) is 0 Å². The molecule has 50 heteroatoms. The number of hydroxylamine groups is 2. The van der Waals surface area contributed by atoms with Crippen molar-refractivity contribution in [2.24, 2.45) is 91.7 Å². The largest absolute Gasteiger partial charge is 0.352 e. The van der Waals surface area contributed by atoms with E-state index in [0.29, 0.717) is 5.06 Å². The predicted molar refractivity (Wildman–Crippen MR) is 829 cm³/mol. The fourth-order valence-electron chi connectivity index (χ4n) is 1.92. The van der Waals surface area contributed by atoms with Gasteiger partial charge in [-0.3, -0.25) is 28.9 Å². The van der Waals surface area contributed by atoms with Gasteiger partial charge in [0.15, 0.2) is 0 Å². The summed E-state index contributed by atoms with van der Waals surface area (Å²) in [7, 11) is 24.0. The molecule has 33 N–H and O–H groups in total. The maximum atomic E-state index is 11.5. The molecule has 5 amide bonds. The number of carbonyl (C=O) groups excluding carboxylic acids is 6. The Kier molecular flexibility index (Phi) is 7020. The minimum atomic E-state index is -0.975. The number of hydrogen-bond donors (Lipinski definition) is 33. The molecule has 2 aliphatic heterocycles. The first-order valence-corrected chi connectivity index (χ1v) is 62.4. The summed E-state index contributed by atoms with van der Waals surface area (Å²) < 4.78 is 0. The molecule has 0 aromatic carbocycles. The number of nitrogens with one attached hydrogen (secondary N) is 1. The summed E-state index contributed by atoms with van der Waals surface area (Å²) >= 11 is 51.6. The van der Waals surface area contributed by atoms with E-state index in [4.69, 9.17) is 0 Å². The third kappa shape index (κ3) is 1560. The number of rotatable bonds is 6. The van der Waals surface area contributed by atoms with Crippen molar-refractivity contribution in [1.82, 2.24) is 15.3 Å². The van der Waals surface area contributed by atoms with Crippen LogP contribution in [0.1, 0.15) is 470 Å². The molecule has 26 nitrogen and oxygen atoms in total. The Morgan fingerprint density at radius 3 is 0.403 bits per heavy atom. The Balaban J connectivity index is -0.00000000765. The highest BCUT2D eigenvalue weighted by molar-refractivity contribution is 8.61. The Labute approximate surface area is 1070 Å². The monoisotopic (exact) mass is 2600 g/mol. The molecule has 2 aliphatic rings. The zero-order chi connectivity index (χ0) is 129. The molecule has 0 aromatic heterocycles. The van der Waals surface area contributed by atoms with Gasteiger partial charge in [0.25, 0.3) is 23.6 Å². The standard InChI is InChI=1S/C13H13N3O7.32C2H6.16CH5N.CH4.8H2S2.8H2S/c17-8(5-6-15-9(18)1-2-10(15)19)14-7-13(22)23-16-11(20)3-4-12(16)21;48*1-2;;8*1-2;;;;;;;;/h1-2H,3-7H2,(H,14,17);32*1-2H3;16*2H2,1H3;1H4;8*1-2H;8*1H2. The number of nitrogens with two attached hydrogens (primary N) is 16. The van der Waals surface area contributed by atoms with Gasteiger partial charge in [0.2, 0.25) is 5.91 Å². The molecule has 0 radical (unpaired) electrons. The fourth-order valence-corrected chi connectivity index (χ4v) is 1.92. The van der Waals surface area contributed by atoms with Gasteiger partial charge in [-0.1, -0.05) is 451 Å². The van der Waals surface area contributed by atoms with E-state index in [9.17, 15) is 28.8 Å². The lowest BCUT2D eigenvalue weighted by Gasteiger charge is -2.14. The van der Waals surface area contributed by atoms with Crippen molar-refractivity contribution in [3.63, 3.8) is 0 Å². The van der Waals surface area contributed by atoms with Crippen molar-refractivity contribution < 1.29 is 33.6 Å². The van der Waals surface area contributed by atoms with Crippen molar-refractivity contribution in [2.45, 2.75) is 470 Å². The van der Waals surface area contributed by atoms with Crippen molar-refractivity contribution in [1.29, 1.82) is 0 Å². The molecule has 0 unspecified atom stereocenters. The van der Waals surface area contributed by atoms with Crippen LogP contribution in [0.3, 0.4) is 0 Å². The predicted octanol–water partition coefficient (Wildman–Crippen LogP) is 31.7. The highest BCUT2D eigenvalue weighted by Gasteiger charge is 2.33. The van der Waals surface area contributed by atoms with Crippen LogP contribution >= 0.6 is 295 Å². The first-order chi connectivity index (χ1) is 66.9. The lowest BCUT2D eigenvalue weighted by atomic mass is 10.3. The van der Waals surface area contributed by atoms with E-state index in [0.717, 1.165) is 17.1 Å². The van der Waals surface area contributed by atoms with Gasteiger partial charge in [-0.25, -0.2) is 4.79 Å². The molecule has 0 saturated carbocycles.